The van der Waals surface area contributed by atoms with E-state index in [-0.39, 0.29) is 22.8 Å². The van der Waals surface area contributed by atoms with Crippen molar-refractivity contribution < 1.29 is 9.59 Å². The topological polar surface area (TPSA) is 34.1 Å². The van der Waals surface area contributed by atoms with Gasteiger partial charge in [-0.1, -0.05) is 34.3 Å². The zero-order valence-electron chi connectivity index (χ0n) is 10.2. The maximum absolute atomic E-state index is 11.9. The quantitative estimate of drug-likeness (QED) is 0.290. The van der Waals surface area contributed by atoms with Crippen molar-refractivity contribution in [1.82, 2.24) is 0 Å². The van der Waals surface area contributed by atoms with Gasteiger partial charge < -0.3 is 0 Å². The second-order valence-corrected chi connectivity index (χ2v) is 6.38. The van der Waals surface area contributed by atoms with Crippen molar-refractivity contribution in [2.45, 2.75) is 34.1 Å². The molecule has 2 nitrogen and oxygen atoms in total. The van der Waals surface area contributed by atoms with E-state index in [9.17, 15) is 9.59 Å². The molecule has 1 unspecified atom stereocenters. The van der Waals surface area contributed by atoms with Crippen LogP contribution in [0.5, 0.6) is 0 Å². The van der Waals surface area contributed by atoms with E-state index >= 15 is 0 Å². The molecule has 0 aliphatic heterocycles. The standard InChI is InChI=1S/C12H21O2P/c1-6-9(4)11(13)10(5)12(14)15(7-2)8-3/h9H,5-8H2,1-4H3. The highest BCUT2D eigenvalue weighted by Crippen LogP contribution is 2.38. The van der Waals surface area contributed by atoms with Crippen LogP contribution in [0.2, 0.25) is 0 Å². The fourth-order valence-electron chi connectivity index (χ4n) is 1.29. The lowest BCUT2D eigenvalue weighted by atomic mass is 9.99. The Hall–Kier alpha value is -0.490. The average Bonchev–Trinajstić information content (AvgIpc) is 2.27. The van der Waals surface area contributed by atoms with Crippen molar-refractivity contribution in [3.63, 3.8) is 0 Å². The third-order valence-electron chi connectivity index (χ3n) is 2.67. The van der Waals surface area contributed by atoms with Crippen molar-refractivity contribution in [2.24, 2.45) is 5.92 Å². The largest absolute Gasteiger partial charge is 0.294 e. The second-order valence-electron chi connectivity index (χ2n) is 3.63. The Morgan fingerprint density at radius 1 is 1.20 bits per heavy atom. The number of hydrogen-bond acceptors (Lipinski definition) is 2. The van der Waals surface area contributed by atoms with E-state index in [1.54, 1.807) is 0 Å². The van der Waals surface area contributed by atoms with Crippen LogP contribution < -0.4 is 0 Å². The van der Waals surface area contributed by atoms with E-state index in [2.05, 4.69) is 6.58 Å². The molecule has 86 valence electrons. The molecule has 0 aliphatic carbocycles. The average molecular weight is 228 g/mol. The van der Waals surface area contributed by atoms with Gasteiger partial charge in [0.15, 0.2) is 11.3 Å². The molecule has 0 saturated carbocycles. The Kier molecular flexibility index (Phi) is 6.67. The van der Waals surface area contributed by atoms with Gasteiger partial charge in [-0.05, 0) is 26.7 Å². The molecule has 0 heterocycles. The molecule has 0 radical (unpaired) electrons. The summed E-state index contributed by atoms with van der Waals surface area (Å²) in [6, 6.07) is 0. The summed E-state index contributed by atoms with van der Waals surface area (Å²) in [6.07, 6.45) is 2.45. The maximum atomic E-state index is 11.9. The number of hydrogen-bond donors (Lipinski definition) is 0. The van der Waals surface area contributed by atoms with Gasteiger partial charge in [-0.3, -0.25) is 9.59 Å². The number of carbonyl (C=O) groups is 2. The van der Waals surface area contributed by atoms with Gasteiger partial charge in [0.1, 0.15) is 0 Å². The van der Waals surface area contributed by atoms with Crippen molar-refractivity contribution >= 4 is 19.2 Å². The minimum Gasteiger partial charge on any atom is -0.294 e. The van der Waals surface area contributed by atoms with Crippen molar-refractivity contribution in [1.29, 1.82) is 0 Å². The first-order valence-corrected chi connectivity index (χ1v) is 7.23. The number of rotatable bonds is 7. The molecule has 0 aromatic heterocycles. The van der Waals surface area contributed by atoms with Crippen LogP contribution in [0.15, 0.2) is 12.2 Å². The molecule has 0 spiro atoms. The monoisotopic (exact) mass is 228 g/mol. The van der Waals surface area contributed by atoms with Crippen LogP contribution in [0.3, 0.4) is 0 Å². The Bertz CT molecular complexity index is 254. The van der Waals surface area contributed by atoms with Crippen LogP contribution in [0, 0.1) is 5.92 Å². The highest BCUT2D eigenvalue weighted by Gasteiger charge is 2.24. The molecule has 0 bridgehead atoms. The van der Waals surface area contributed by atoms with E-state index in [0.29, 0.717) is 0 Å². The summed E-state index contributed by atoms with van der Waals surface area (Å²) in [5.74, 6) is -0.149. The van der Waals surface area contributed by atoms with Gasteiger partial charge in [0.25, 0.3) is 0 Å². The molecule has 0 rings (SSSR count). The molecule has 0 aromatic carbocycles. The fourth-order valence-corrected chi connectivity index (χ4v) is 2.80. The number of allylic oxidation sites excluding steroid dienone is 1. The molecule has 1 atom stereocenters. The predicted molar refractivity (Wildman–Crippen MR) is 66.6 cm³/mol. The molecule has 0 amide bonds. The van der Waals surface area contributed by atoms with Crippen molar-refractivity contribution in [3.05, 3.63) is 12.2 Å². The van der Waals surface area contributed by atoms with Crippen LogP contribution in [0.25, 0.3) is 0 Å². The normalized spacial score (nSPS) is 12.6. The molecule has 0 aliphatic rings. The van der Waals surface area contributed by atoms with E-state index in [1.807, 2.05) is 27.7 Å². The third kappa shape index (κ3) is 3.87. The van der Waals surface area contributed by atoms with Crippen molar-refractivity contribution in [3.8, 4) is 0 Å². The number of carbonyl (C=O) groups excluding carboxylic acids is 2. The Labute approximate surface area is 93.9 Å². The first-order valence-electron chi connectivity index (χ1n) is 5.51. The number of ketones is 1. The minimum absolute atomic E-state index is 0.000278. The summed E-state index contributed by atoms with van der Waals surface area (Å²) >= 11 is 0. The van der Waals surface area contributed by atoms with E-state index in [4.69, 9.17) is 0 Å². The van der Waals surface area contributed by atoms with Crippen molar-refractivity contribution in [2.75, 3.05) is 12.3 Å². The zero-order chi connectivity index (χ0) is 12.0. The van der Waals surface area contributed by atoms with E-state index in [0.717, 1.165) is 18.7 Å². The lowest BCUT2D eigenvalue weighted by Gasteiger charge is -2.14. The van der Waals surface area contributed by atoms with Gasteiger partial charge in [0.05, 0.1) is 5.57 Å². The van der Waals surface area contributed by atoms with Crippen LogP contribution >= 0.6 is 7.92 Å². The van der Waals surface area contributed by atoms with Crippen LogP contribution in [0.4, 0.5) is 0 Å². The summed E-state index contributed by atoms with van der Waals surface area (Å²) in [7, 11) is -0.678. The van der Waals surface area contributed by atoms with Gasteiger partial charge in [0.2, 0.25) is 0 Å². The summed E-state index contributed by atoms with van der Waals surface area (Å²) in [5, 5.41) is 0. The lowest BCUT2D eigenvalue weighted by molar-refractivity contribution is -0.121. The van der Waals surface area contributed by atoms with Gasteiger partial charge in [-0.15, -0.1) is 0 Å². The molecule has 0 aromatic rings. The lowest BCUT2D eigenvalue weighted by Crippen LogP contribution is -2.18. The first kappa shape index (κ1) is 14.5. The van der Waals surface area contributed by atoms with Gasteiger partial charge in [-0.25, -0.2) is 0 Å². The summed E-state index contributed by atoms with van der Waals surface area (Å²) < 4.78 is 0. The molecular weight excluding hydrogens is 207 g/mol. The van der Waals surface area contributed by atoms with E-state index < -0.39 is 7.92 Å². The number of Topliss-reactive ketones (excluding diaryl/α,β-unsaturated/α-hetero) is 1. The van der Waals surface area contributed by atoms with Crippen LogP contribution in [-0.4, -0.2) is 23.6 Å². The van der Waals surface area contributed by atoms with Gasteiger partial charge >= 0.3 is 0 Å². The molecule has 15 heavy (non-hydrogen) atoms. The third-order valence-corrected chi connectivity index (χ3v) is 5.04. The second kappa shape index (κ2) is 6.90. The highest BCUT2D eigenvalue weighted by molar-refractivity contribution is 7.75. The first-order chi connectivity index (χ1) is 6.99. The summed E-state index contributed by atoms with van der Waals surface area (Å²) in [4.78, 5) is 23.6. The van der Waals surface area contributed by atoms with Crippen LogP contribution in [-0.2, 0) is 9.59 Å². The Balaban J connectivity index is 4.57. The highest BCUT2D eigenvalue weighted by atomic mass is 31.1. The maximum Gasteiger partial charge on any atom is 0.187 e. The fraction of sp³-hybridized carbons (Fsp3) is 0.667. The molecular formula is C12H21O2P. The zero-order valence-corrected chi connectivity index (χ0v) is 11.1. The smallest absolute Gasteiger partial charge is 0.187 e. The van der Waals surface area contributed by atoms with Gasteiger partial charge in [0, 0.05) is 5.92 Å². The molecule has 3 heteroatoms. The SMILES string of the molecule is C=C(C(=O)C(C)CC)C(=O)P(CC)CC. The van der Waals surface area contributed by atoms with Gasteiger partial charge in [-0.2, -0.15) is 0 Å². The minimum atomic E-state index is -0.678. The molecule has 0 fully saturated rings. The summed E-state index contributed by atoms with van der Waals surface area (Å²) in [5.41, 5.74) is 0.222. The Morgan fingerprint density at radius 2 is 1.67 bits per heavy atom. The molecule has 0 N–H and O–H groups in total. The predicted octanol–water partition coefficient (Wildman–Crippen LogP) is 3.21. The summed E-state index contributed by atoms with van der Waals surface area (Å²) in [6.45, 7) is 11.4. The Morgan fingerprint density at radius 3 is 2.00 bits per heavy atom. The molecule has 0 saturated heterocycles. The van der Waals surface area contributed by atoms with Crippen LogP contribution in [0.1, 0.15) is 34.1 Å². The van der Waals surface area contributed by atoms with E-state index in [1.165, 1.54) is 0 Å².